The van der Waals surface area contributed by atoms with Gasteiger partial charge in [-0.15, -0.1) is 34.0 Å². The standard InChI is InChI=1S/C44H53NO2S4Si/c1-9-11-18-28(10-2)27-52(34-22-17-24-48-34)31-25-30(49-38(31)39-32(52)26-33(50-39)43(3,4)5)37-35-36(40(51-37)44(6,7)8)42(47)45(41(35)46)23-16-15-21-29-19-13-12-14-20-29/h12-14,17,19-20,22,24-26,28H,9-11,15-16,18,21,23,27H2,1-8H3. The number of rotatable bonds is 13. The maximum Gasteiger partial charge on any atom is 0.263 e. The molecule has 0 saturated carbocycles. The van der Waals surface area contributed by atoms with E-state index in [1.54, 1.807) is 31.1 Å². The number of benzene rings is 1. The number of unbranched alkanes of at least 4 members (excludes halogenated alkanes) is 2. The van der Waals surface area contributed by atoms with Crippen LogP contribution >= 0.6 is 45.3 Å². The van der Waals surface area contributed by atoms with Crippen molar-refractivity contribution in [3.63, 3.8) is 0 Å². The molecule has 2 amide bonds. The average molecular weight is 784 g/mol. The molecule has 274 valence electrons. The Balaban J connectivity index is 1.33. The number of amides is 2. The summed E-state index contributed by atoms with van der Waals surface area (Å²) in [6, 6.07) is 21.5. The summed E-state index contributed by atoms with van der Waals surface area (Å²) in [6.45, 7) is 18.7. The van der Waals surface area contributed by atoms with E-state index in [0.29, 0.717) is 23.6 Å². The van der Waals surface area contributed by atoms with Crippen molar-refractivity contribution in [1.29, 1.82) is 0 Å². The molecule has 0 bridgehead atoms. The summed E-state index contributed by atoms with van der Waals surface area (Å²) in [7, 11) is -2.37. The van der Waals surface area contributed by atoms with Crippen molar-refractivity contribution in [3.8, 4) is 19.5 Å². The predicted octanol–water partition coefficient (Wildman–Crippen LogP) is 11.5. The van der Waals surface area contributed by atoms with Crippen LogP contribution < -0.4 is 14.9 Å². The molecular weight excluding hydrogens is 731 g/mol. The number of aryl methyl sites for hydroxylation is 1. The van der Waals surface area contributed by atoms with Crippen LogP contribution in [0, 0.1) is 5.92 Å². The van der Waals surface area contributed by atoms with Gasteiger partial charge in [0.1, 0.15) is 0 Å². The van der Waals surface area contributed by atoms with E-state index in [2.05, 4.69) is 109 Å². The third-order valence-electron chi connectivity index (χ3n) is 11.1. The van der Waals surface area contributed by atoms with Gasteiger partial charge in [-0.1, -0.05) is 124 Å². The van der Waals surface area contributed by atoms with Crippen LogP contribution in [0.4, 0.5) is 0 Å². The predicted molar refractivity (Wildman–Crippen MR) is 230 cm³/mol. The van der Waals surface area contributed by atoms with Gasteiger partial charge in [0, 0.05) is 35.4 Å². The second-order valence-electron chi connectivity index (χ2n) is 16.9. The number of hydrogen-bond acceptors (Lipinski definition) is 6. The first-order valence-corrected chi connectivity index (χ1v) is 24.7. The normalized spacial score (nSPS) is 17.6. The topological polar surface area (TPSA) is 37.4 Å². The Kier molecular flexibility index (Phi) is 10.5. The number of carbonyl (C=O) groups excluding carboxylic acids is 2. The molecule has 2 aliphatic rings. The van der Waals surface area contributed by atoms with Gasteiger partial charge < -0.3 is 0 Å². The van der Waals surface area contributed by atoms with E-state index in [4.69, 9.17) is 0 Å². The van der Waals surface area contributed by atoms with Crippen molar-refractivity contribution in [2.75, 3.05) is 6.54 Å². The van der Waals surface area contributed by atoms with Crippen molar-refractivity contribution in [1.82, 2.24) is 4.90 Å². The number of hydrogen-bond donors (Lipinski definition) is 0. The van der Waals surface area contributed by atoms with Gasteiger partial charge in [0.05, 0.1) is 16.0 Å². The first-order chi connectivity index (χ1) is 24.8. The minimum Gasteiger partial charge on any atom is -0.274 e. The maximum atomic E-state index is 14.4. The number of thiophene rings is 4. The highest BCUT2D eigenvalue weighted by atomic mass is 32.1. The fraction of sp³-hybridized carbons (Fsp3) is 0.455. The second kappa shape index (κ2) is 14.6. The van der Waals surface area contributed by atoms with Crippen molar-refractivity contribution in [3.05, 3.63) is 86.4 Å². The summed E-state index contributed by atoms with van der Waals surface area (Å²) in [4.78, 5) is 37.7. The van der Waals surface area contributed by atoms with Crippen molar-refractivity contribution < 1.29 is 9.59 Å². The third-order valence-corrected chi connectivity index (χ3v) is 23.0. The Labute approximate surface area is 328 Å². The summed E-state index contributed by atoms with van der Waals surface area (Å²) >= 11 is 7.53. The van der Waals surface area contributed by atoms with Gasteiger partial charge >= 0.3 is 0 Å². The maximum absolute atomic E-state index is 14.4. The zero-order chi connectivity index (χ0) is 37.0. The molecule has 3 nitrogen and oxygen atoms in total. The molecule has 52 heavy (non-hydrogen) atoms. The number of imide groups is 1. The van der Waals surface area contributed by atoms with Crippen LogP contribution in [0.1, 0.15) is 130 Å². The molecule has 6 heterocycles. The molecular formula is C44H53NO2S4Si. The zero-order valence-electron chi connectivity index (χ0n) is 32.1. The largest absolute Gasteiger partial charge is 0.274 e. The first-order valence-electron chi connectivity index (χ1n) is 19.2. The van der Waals surface area contributed by atoms with E-state index < -0.39 is 8.07 Å². The molecule has 0 N–H and O–H groups in total. The van der Waals surface area contributed by atoms with Crippen molar-refractivity contribution in [2.24, 2.45) is 5.92 Å². The molecule has 4 aromatic heterocycles. The number of fused-ring (bicyclic) bond motifs is 4. The second-order valence-corrected chi connectivity index (χ2v) is 25.2. The Hall–Kier alpha value is -2.62. The van der Waals surface area contributed by atoms with E-state index in [9.17, 15) is 9.59 Å². The van der Waals surface area contributed by atoms with Gasteiger partial charge in [-0.05, 0) is 75.5 Å². The Morgan fingerprint density at radius 1 is 0.750 bits per heavy atom. The molecule has 2 unspecified atom stereocenters. The monoisotopic (exact) mass is 783 g/mol. The molecule has 0 radical (unpaired) electrons. The van der Waals surface area contributed by atoms with E-state index in [0.717, 1.165) is 29.0 Å². The molecule has 0 saturated heterocycles. The molecule has 0 fully saturated rings. The van der Waals surface area contributed by atoms with E-state index in [-0.39, 0.29) is 22.6 Å². The smallest absolute Gasteiger partial charge is 0.263 e. The Morgan fingerprint density at radius 3 is 2.12 bits per heavy atom. The molecule has 7 rings (SSSR count). The highest BCUT2D eigenvalue weighted by Crippen LogP contribution is 2.51. The quantitative estimate of drug-likeness (QED) is 0.0677. The van der Waals surface area contributed by atoms with Crippen LogP contribution in [0.25, 0.3) is 19.5 Å². The Bertz CT molecular complexity index is 2070. The van der Waals surface area contributed by atoms with Gasteiger partial charge in [-0.2, -0.15) is 11.3 Å². The van der Waals surface area contributed by atoms with Gasteiger partial charge in [0.25, 0.3) is 11.8 Å². The summed E-state index contributed by atoms with van der Waals surface area (Å²) < 4.78 is 1.56. The van der Waals surface area contributed by atoms with Gasteiger partial charge in [-0.25, -0.2) is 0 Å². The third kappa shape index (κ3) is 6.59. The summed E-state index contributed by atoms with van der Waals surface area (Å²) in [6.07, 6.45) is 7.67. The van der Waals surface area contributed by atoms with Crippen LogP contribution in [0.3, 0.4) is 0 Å². The lowest BCUT2D eigenvalue weighted by molar-refractivity contribution is 0.0651. The number of carbonyl (C=O) groups is 2. The van der Waals surface area contributed by atoms with Crippen LogP contribution in [0.15, 0.2) is 60.0 Å². The van der Waals surface area contributed by atoms with Crippen LogP contribution in [-0.4, -0.2) is 31.3 Å². The Morgan fingerprint density at radius 2 is 1.46 bits per heavy atom. The van der Waals surface area contributed by atoms with Gasteiger partial charge in [-0.3, -0.25) is 14.5 Å². The highest BCUT2D eigenvalue weighted by Gasteiger charge is 2.52. The minimum absolute atomic E-state index is 0.0741. The fourth-order valence-corrected chi connectivity index (χ4v) is 21.1. The molecule has 0 spiro atoms. The van der Waals surface area contributed by atoms with E-state index in [1.807, 2.05) is 40.1 Å². The molecule has 0 aliphatic carbocycles. The lowest BCUT2D eigenvalue weighted by Crippen LogP contribution is -2.64. The van der Waals surface area contributed by atoms with Crippen molar-refractivity contribution in [2.45, 2.75) is 117 Å². The lowest BCUT2D eigenvalue weighted by Gasteiger charge is -2.32. The van der Waals surface area contributed by atoms with Crippen LogP contribution in [-0.2, 0) is 17.3 Å². The SMILES string of the molecule is CCCCC(CC)C[Si]1(c2cccs2)c2cc(-c3sc(C(C)(C)C)c4c3C(=O)N(CCCCc3ccccc3)C4=O)sc2-c2sc(C(C)(C)C)cc21. The summed E-state index contributed by atoms with van der Waals surface area (Å²) in [5.74, 6) is 0.465. The average Bonchev–Trinajstić information content (AvgIpc) is 3.94. The molecule has 5 aromatic rings. The van der Waals surface area contributed by atoms with Crippen LogP contribution in [0.2, 0.25) is 6.04 Å². The van der Waals surface area contributed by atoms with Crippen molar-refractivity contribution >= 4 is 80.1 Å². The number of nitrogens with zero attached hydrogens (tertiary/aromatic N) is 1. The highest BCUT2D eigenvalue weighted by molar-refractivity contribution is 7.38. The molecule has 8 heteroatoms. The zero-order valence-corrected chi connectivity index (χ0v) is 36.4. The summed E-state index contributed by atoms with van der Waals surface area (Å²) in [5, 5.41) is 5.44. The molecule has 1 aromatic carbocycles. The van der Waals surface area contributed by atoms with Crippen LogP contribution in [0.5, 0.6) is 0 Å². The lowest BCUT2D eigenvalue weighted by atomic mass is 9.90. The first kappa shape index (κ1) is 37.7. The van der Waals surface area contributed by atoms with E-state index in [1.165, 1.54) is 56.8 Å². The molecule has 2 atom stereocenters. The fourth-order valence-electron chi connectivity index (χ4n) is 8.21. The summed E-state index contributed by atoms with van der Waals surface area (Å²) in [5.41, 5.74) is 2.43. The molecule has 2 aliphatic heterocycles. The van der Waals surface area contributed by atoms with Gasteiger partial charge in [0.2, 0.25) is 0 Å². The minimum atomic E-state index is -2.37. The van der Waals surface area contributed by atoms with E-state index >= 15 is 0 Å². The van der Waals surface area contributed by atoms with Gasteiger partial charge in [0.15, 0.2) is 8.07 Å².